The highest BCUT2D eigenvalue weighted by Gasteiger charge is 2.25. The van der Waals surface area contributed by atoms with Crippen LogP contribution in [-0.4, -0.2) is 29.3 Å². The molecule has 6 heteroatoms. The van der Waals surface area contributed by atoms with Gasteiger partial charge in [0.15, 0.2) is 0 Å². The monoisotopic (exact) mass is 239 g/mol. The Balaban J connectivity index is 3.04. The van der Waals surface area contributed by atoms with E-state index in [9.17, 15) is 14.0 Å². The average Bonchev–Trinajstić information content (AvgIpc) is 2.30. The number of esters is 1. The Bertz CT molecular complexity index is 470. The van der Waals surface area contributed by atoms with Crippen LogP contribution in [0.4, 0.5) is 4.39 Å². The van der Waals surface area contributed by atoms with Gasteiger partial charge < -0.3 is 9.94 Å². The largest absolute Gasteiger partial charge is 0.461 e. The fourth-order valence-corrected chi connectivity index (χ4v) is 1.15. The van der Waals surface area contributed by atoms with Crippen LogP contribution >= 0.6 is 0 Å². The summed E-state index contributed by atoms with van der Waals surface area (Å²) in [5.74, 6) is -2.92. The van der Waals surface area contributed by atoms with E-state index in [1.807, 2.05) is 0 Å². The first-order valence-corrected chi connectivity index (χ1v) is 4.80. The van der Waals surface area contributed by atoms with E-state index >= 15 is 0 Å². The van der Waals surface area contributed by atoms with Crippen molar-refractivity contribution in [2.24, 2.45) is 5.16 Å². The van der Waals surface area contributed by atoms with E-state index in [4.69, 9.17) is 5.21 Å². The van der Waals surface area contributed by atoms with Gasteiger partial charge >= 0.3 is 5.97 Å². The number of ketones is 1. The number of benzene rings is 1. The molecule has 0 saturated carbocycles. The van der Waals surface area contributed by atoms with Gasteiger partial charge in [0.2, 0.25) is 11.5 Å². The zero-order chi connectivity index (χ0) is 12.8. The number of hydrogen-bond donors (Lipinski definition) is 1. The normalized spacial score (nSPS) is 11.1. The summed E-state index contributed by atoms with van der Waals surface area (Å²) in [4.78, 5) is 22.9. The number of carbonyl (C=O) groups excluding carboxylic acids is 2. The van der Waals surface area contributed by atoms with Gasteiger partial charge in [0.1, 0.15) is 5.82 Å². The Morgan fingerprint density at radius 3 is 2.59 bits per heavy atom. The first-order chi connectivity index (χ1) is 8.11. The van der Waals surface area contributed by atoms with Crippen LogP contribution in [-0.2, 0) is 9.53 Å². The first-order valence-electron chi connectivity index (χ1n) is 4.80. The Morgan fingerprint density at radius 1 is 1.41 bits per heavy atom. The number of oxime groups is 1. The van der Waals surface area contributed by atoms with Crippen molar-refractivity contribution in [1.82, 2.24) is 0 Å². The van der Waals surface area contributed by atoms with Gasteiger partial charge in [-0.2, -0.15) is 0 Å². The maximum atomic E-state index is 13.3. The Kier molecular flexibility index (Phi) is 4.33. The van der Waals surface area contributed by atoms with Crippen molar-refractivity contribution in [2.75, 3.05) is 6.61 Å². The number of hydrogen-bond acceptors (Lipinski definition) is 5. The smallest absolute Gasteiger partial charge is 0.364 e. The highest BCUT2D eigenvalue weighted by molar-refractivity contribution is 6.67. The minimum Gasteiger partial charge on any atom is -0.461 e. The minimum absolute atomic E-state index is 0.0163. The molecule has 0 bridgehead atoms. The van der Waals surface area contributed by atoms with Gasteiger partial charge in [-0.15, -0.1) is 0 Å². The lowest BCUT2D eigenvalue weighted by Gasteiger charge is -2.04. The van der Waals surface area contributed by atoms with Gasteiger partial charge in [0.05, 0.1) is 12.2 Å². The summed E-state index contributed by atoms with van der Waals surface area (Å²) in [7, 11) is 0. The SMILES string of the molecule is CCOC(=O)/C(=N\O)C(=O)c1ccccc1F. The molecule has 5 nitrogen and oxygen atoms in total. The number of halogens is 1. The van der Waals surface area contributed by atoms with E-state index in [1.54, 1.807) is 0 Å². The van der Waals surface area contributed by atoms with Crippen LogP contribution in [0, 0.1) is 5.82 Å². The molecule has 0 spiro atoms. The standard InChI is InChI=1S/C11H10FNO4/c1-2-17-11(15)9(13-16)10(14)7-5-3-4-6-8(7)12/h3-6,16H,2H2,1H3/b13-9-. The summed E-state index contributed by atoms with van der Waals surface area (Å²) >= 11 is 0. The number of ether oxygens (including phenoxy) is 1. The molecule has 0 unspecified atom stereocenters. The summed E-state index contributed by atoms with van der Waals surface area (Å²) in [6, 6.07) is 5.07. The van der Waals surface area contributed by atoms with Crippen LogP contribution in [0.15, 0.2) is 29.4 Å². The number of carbonyl (C=O) groups is 2. The number of Topliss-reactive ketones (excluding diaryl/α,β-unsaturated/α-hetero) is 1. The molecule has 0 aliphatic rings. The van der Waals surface area contributed by atoms with Crippen LogP contribution in [0.3, 0.4) is 0 Å². The molecule has 1 N–H and O–H groups in total. The van der Waals surface area contributed by atoms with E-state index < -0.39 is 23.3 Å². The highest BCUT2D eigenvalue weighted by Crippen LogP contribution is 2.08. The zero-order valence-electron chi connectivity index (χ0n) is 9.01. The van der Waals surface area contributed by atoms with E-state index in [0.717, 1.165) is 6.07 Å². The second-order valence-electron chi connectivity index (χ2n) is 2.98. The van der Waals surface area contributed by atoms with Crippen LogP contribution < -0.4 is 0 Å². The molecule has 17 heavy (non-hydrogen) atoms. The highest BCUT2D eigenvalue weighted by atomic mass is 19.1. The number of nitrogens with zero attached hydrogens (tertiary/aromatic N) is 1. The minimum atomic E-state index is -1.09. The van der Waals surface area contributed by atoms with Crippen molar-refractivity contribution >= 4 is 17.5 Å². The summed E-state index contributed by atoms with van der Waals surface area (Å²) in [5.41, 5.74) is -1.20. The molecule has 1 aromatic carbocycles. The summed E-state index contributed by atoms with van der Waals surface area (Å²) in [6.45, 7) is 1.54. The molecule has 0 heterocycles. The lowest BCUT2D eigenvalue weighted by molar-refractivity contribution is -0.135. The maximum absolute atomic E-state index is 13.3. The molecular weight excluding hydrogens is 229 g/mol. The van der Waals surface area contributed by atoms with E-state index in [0.29, 0.717) is 0 Å². The van der Waals surface area contributed by atoms with Gasteiger partial charge in [-0.05, 0) is 19.1 Å². The number of rotatable bonds is 4. The van der Waals surface area contributed by atoms with Crippen LogP contribution in [0.5, 0.6) is 0 Å². The Labute approximate surface area is 96.5 Å². The molecule has 0 atom stereocenters. The summed E-state index contributed by atoms with van der Waals surface area (Å²) in [5, 5.41) is 11.1. The van der Waals surface area contributed by atoms with E-state index in [2.05, 4.69) is 9.89 Å². The van der Waals surface area contributed by atoms with Crippen molar-refractivity contribution in [2.45, 2.75) is 6.92 Å². The summed E-state index contributed by atoms with van der Waals surface area (Å²) in [6.07, 6.45) is 0. The fraction of sp³-hybridized carbons (Fsp3) is 0.182. The predicted molar refractivity (Wildman–Crippen MR) is 56.6 cm³/mol. The third-order valence-corrected chi connectivity index (χ3v) is 1.90. The molecule has 0 amide bonds. The molecule has 0 fully saturated rings. The van der Waals surface area contributed by atoms with Crippen molar-refractivity contribution in [3.8, 4) is 0 Å². The quantitative estimate of drug-likeness (QED) is 0.215. The van der Waals surface area contributed by atoms with Crippen molar-refractivity contribution in [3.63, 3.8) is 0 Å². The van der Waals surface area contributed by atoms with Crippen molar-refractivity contribution in [1.29, 1.82) is 0 Å². The van der Waals surface area contributed by atoms with Gasteiger partial charge in [0, 0.05) is 0 Å². The van der Waals surface area contributed by atoms with Gasteiger partial charge in [-0.1, -0.05) is 17.3 Å². The first kappa shape index (κ1) is 12.8. The van der Waals surface area contributed by atoms with Crippen LogP contribution in [0.2, 0.25) is 0 Å². The van der Waals surface area contributed by atoms with E-state index in [1.165, 1.54) is 25.1 Å². The summed E-state index contributed by atoms with van der Waals surface area (Å²) < 4.78 is 17.8. The Morgan fingerprint density at radius 2 is 2.06 bits per heavy atom. The molecule has 90 valence electrons. The van der Waals surface area contributed by atoms with Gasteiger partial charge in [0.25, 0.3) is 0 Å². The van der Waals surface area contributed by atoms with Gasteiger partial charge in [-0.25, -0.2) is 9.18 Å². The van der Waals surface area contributed by atoms with Crippen LogP contribution in [0.25, 0.3) is 0 Å². The molecule has 1 aromatic rings. The second-order valence-corrected chi connectivity index (χ2v) is 2.98. The zero-order valence-corrected chi connectivity index (χ0v) is 9.01. The Hall–Kier alpha value is -2.24. The molecule has 0 radical (unpaired) electrons. The third-order valence-electron chi connectivity index (χ3n) is 1.90. The average molecular weight is 239 g/mol. The third kappa shape index (κ3) is 2.87. The second kappa shape index (κ2) is 5.74. The van der Waals surface area contributed by atoms with Gasteiger partial charge in [-0.3, -0.25) is 4.79 Å². The van der Waals surface area contributed by atoms with Crippen LogP contribution in [0.1, 0.15) is 17.3 Å². The predicted octanol–water partition coefficient (Wildman–Crippen LogP) is 1.40. The lowest BCUT2D eigenvalue weighted by Crippen LogP contribution is -2.27. The van der Waals surface area contributed by atoms with Crippen molar-refractivity contribution < 1.29 is 23.9 Å². The van der Waals surface area contributed by atoms with Crippen molar-refractivity contribution in [3.05, 3.63) is 35.6 Å². The molecule has 0 saturated heterocycles. The lowest BCUT2D eigenvalue weighted by atomic mass is 10.1. The van der Waals surface area contributed by atoms with E-state index in [-0.39, 0.29) is 12.2 Å². The molecule has 1 rings (SSSR count). The maximum Gasteiger partial charge on any atom is 0.364 e. The molecule has 0 aromatic heterocycles. The molecular formula is C11H10FNO4. The topological polar surface area (TPSA) is 76.0 Å². The molecule has 0 aliphatic carbocycles. The fourth-order valence-electron chi connectivity index (χ4n) is 1.15. The molecule has 0 aliphatic heterocycles.